The van der Waals surface area contributed by atoms with Crippen LogP contribution in [0.15, 0.2) is 9.59 Å². The van der Waals surface area contributed by atoms with E-state index in [1.165, 1.54) is 6.90 Å². The molecule has 0 aliphatic carbocycles. The second-order valence-electron chi connectivity index (χ2n) is 1.66. The van der Waals surface area contributed by atoms with Gasteiger partial charge in [0.25, 0.3) is 0 Å². The zero-order valence-electron chi connectivity index (χ0n) is 5.57. The van der Waals surface area contributed by atoms with E-state index in [0.29, 0.717) is 6.42 Å². The first-order valence-electron chi connectivity index (χ1n) is 2.91. The summed E-state index contributed by atoms with van der Waals surface area (Å²) < 4.78 is 2.56. The van der Waals surface area contributed by atoms with Crippen molar-refractivity contribution in [3.05, 3.63) is 8.07 Å². The van der Waals surface area contributed by atoms with Crippen LogP contribution in [0.1, 0.15) is 6.42 Å². The number of thioether (sulfide) groups is 1. The quantitative estimate of drug-likeness (QED) is 0.477. The normalized spacial score (nSPS) is 9.36. The Labute approximate surface area is 85.4 Å². The molecule has 1 nitrogen and oxygen atoms in total. The zero-order valence-corrected chi connectivity index (χ0v) is 9.73. The summed E-state index contributed by atoms with van der Waals surface area (Å²) in [6.07, 6.45) is 0.635. The molecule has 58 valence electrons. The van der Waals surface area contributed by atoms with Crippen molar-refractivity contribution in [1.82, 2.24) is 0 Å². The van der Waals surface area contributed by atoms with Gasteiger partial charge in [-0.3, -0.25) is 0 Å². The van der Waals surface area contributed by atoms with Gasteiger partial charge in [-0.05, 0) is 0 Å². The van der Waals surface area contributed by atoms with E-state index in [-0.39, 0.29) is 0 Å². The predicted molar refractivity (Wildman–Crippen MR) is 52.1 cm³/mol. The van der Waals surface area contributed by atoms with Gasteiger partial charge in [0.2, 0.25) is 0 Å². The Morgan fingerprint density at radius 1 is 1.73 bits per heavy atom. The molecule has 0 aliphatic rings. The van der Waals surface area contributed by atoms with Gasteiger partial charge < -0.3 is 0 Å². The standard InChI is InChI=1S/C6H5NS3Se/c7-2-1-3-8-5-4-9-6(11)10-5/h4H,1,3H2. The molecule has 1 rings (SSSR count). The SMILES string of the molecule is N#CCCSc1csc(=[Se])s1. The molecule has 1 aromatic heterocycles. The van der Waals surface area contributed by atoms with Gasteiger partial charge in [0.15, 0.2) is 0 Å². The first kappa shape index (κ1) is 9.50. The summed E-state index contributed by atoms with van der Waals surface area (Å²) in [6.45, 7) is 0. The van der Waals surface area contributed by atoms with Crippen LogP contribution in [0.5, 0.6) is 0 Å². The van der Waals surface area contributed by atoms with Gasteiger partial charge in [0.1, 0.15) is 0 Å². The van der Waals surface area contributed by atoms with Crippen LogP contribution in [0.25, 0.3) is 0 Å². The van der Waals surface area contributed by atoms with Gasteiger partial charge in [-0.25, -0.2) is 0 Å². The van der Waals surface area contributed by atoms with Crippen molar-refractivity contribution in [2.45, 2.75) is 10.6 Å². The maximum atomic E-state index is 8.29. The third-order valence-electron chi connectivity index (χ3n) is 0.893. The monoisotopic (exact) mass is 267 g/mol. The number of rotatable bonds is 3. The van der Waals surface area contributed by atoms with E-state index in [4.69, 9.17) is 5.26 Å². The molecule has 1 aromatic rings. The molecule has 0 saturated heterocycles. The van der Waals surface area contributed by atoms with Gasteiger partial charge >= 0.3 is 85.8 Å². The van der Waals surface area contributed by atoms with E-state index in [9.17, 15) is 0 Å². The molecular formula is C6H5NS3Se. The minimum atomic E-state index is 0.635. The first-order chi connectivity index (χ1) is 5.33. The molecule has 0 bridgehead atoms. The van der Waals surface area contributed by atoms with Crippen molar-refractivity contribution in [3.8, 4) is 6.07 Å². The van der Waals surface area contributed by atoms with E-state index < -0.39 is 0 Å². The number of nitriles is 1. The van der Waals surface area contributed by atoms with Crippen LogP contribution < -0.4 is 0 Å². The van der Waals surface area contributed by atoms with Crippen molar-refractivity contribution < 1.29 is 0 Å². The van der Waals surface area contributed by atoms with Gasteiger partial charge in [0.05, 0.1) is 0 Å². The van der Waals surface area contributed by atoms with Crippen LogP contribution in [0.4, 0.5) is 0 Å². The molecular weight excluding hydrogens is 261 g/mol. The third-order valence-corrected chi connectivity index (χ3v) is 5.31. The van der Waals surface area contributed by atoms with E-state index in [1.54, 1.807) is 34.4 Å². The number of hydrogen-bond acceptors (Lipinski definition) is 4. The summed E-state index contributed by atoms with van der Waals surface area (Å²) in [7, 11) is 0. The molecule has 0 saturated carbocycles. The fourth-order valence-corrected chi connectivity index (χ4v) is 4.72. The van der Waals surface area contributed by atoms with Gasteiger partial charge in [0, 0.05) is 0 Å². The number of hydrogen-bond donors (Lipinski definition) is 0. The summed E-state index contributed by atoms with van der Waals surface area (Å²) >= 11 is 8.20. The Morgan fingerprint density at radius 2 is 2.55 bits per heavy atom. The van der Waals surface area contributed by atoms with Crippen molar-refractivity contribution in [1.29, 1.82) is 5.26 Å². The van der Waals surface area contributed by atoms with E-state index >= 15 is 0 Å². The maximum absolute atomic E-state index is 8.29. The molecule has 0 radical (unpaired) electrons. The van der Waals surface area contributed by atoms with Crippen LogP contribution in [-0.2, 0) is 0 Å². The molecule has 0 spiro atoms. The van der Waals surface area contributed by atoms with Gasteiger partial charge in [-0.1, -0.05) is 0 Å². The summed E-state index contributed by atoms with van der Waals surface area (Å²) in [5.74, 6) is 0.906. The van der Waals surface area contributed by atoms with Crippen molar-refractivity contribution in [3.63, 3.8) is 0 Å². The van der Waals surface area contributed by atoms with Gasteiger partial charge in [-0.15, -0.1) is 0 Å². The van der Waals surface area contributed by atoms with Crippen molar-refractivity contribution in [2.75, 3.05) is 5.75 Å². The molecule has 0 fully saturated rings. The fraction of sp³-hybridized carbons (Fsp3) is 0.333. The molecule has 5 heteroatoms. The summed E-state index contributed by atoms with van der Waals surface area (Å²) in [4.78, 5) is 0. The molecule has 1 heterocycles. The topological polar surface area (TPSA) is 23.8 Å². The fourth-order valence-electron chi connectivity index (χ4n) is 0.487. The molecule has 0 aromatic carbocycles. The molecule has 0 aliphatic heterocycles. The molecule has 11 heavy (non-hydrogen) atoms. The van der Waals surface area contributed by atoms with Crippen LogP contribution in [0, 0.1) is 14.0 Å². The van der Waals surface area contributed by atoms with Gasteiger partial charge in [-0.2, -0.15) is 0 Å². The molecule has 0 unspecified atom stereocenters. The molecule has 0 atom stereocenters. The predicted octanol–water partition coefficient (Wildman–Crippen LogP) is 2.52. The Kier molecular flexibility index (Phi) is 4.43. The average molecular weight is 266 g/mol. The number of nitrogens with zero attached hydrogens (tertiary/aromatic N) is 1. The van der Waals surface area contributed by atoms with Crippen LogP contribution >= 0.6 is 34.4 Å². The van der Waals surface area contributed by atoms with Crippen LogP contribution in [-0.4, -0.2) is 21.3 Å². The van der Waals surface area contributed by atoms with Crippen molar-refractivity contribution >= 4 is 50.0 Å². The van der Waals surface area contributed by atoms with E-state index in [0.717, 1.165) is 5.75 Å². The second kappa shape index (κ2) is 5.13. The Balaban J connectivity index is 2.40. The van der Waals surface area contributed by atoms with E-state index in [1.807, 2.05) is 0 Å². The summed E-state index contributed by atoms with van der Waals surface area (Å²) in [5.41, 5.74) is 0. The molecule has 0 amide bonds. The third kappa shape index (κ3) is 3.55. The first-order valence-corrected chi connectivity index (χ1v) is 6.45. The van der Waals surface area contributed by atoms with Crippen LogP contribution in [0.3, 0.4) is 0 Å². The van der Waals surface area contributed by atoms with E-state index in [2.05, 4.69) is 27.0 Å². The van der Waals surface area contributed by atoms with Crippen LogP contribution in [0.2, 0.25) is 0 Å². The Morgan fingerprint density at radius 3 is 3.09 bits per heavy atom. The van der Waals surface area contributed by atoms with Crippen molar-refractivity contribution in [2.24, 2.45) is 0 Å². The summed E-state index contributed by atoms with van der Waals surface area (Å²) in [6, 6.07) is 2.12. The Hall–Kier alpha value is 0.409. The molecule has 0 N–H and O–H groups in total. The zero-order chi connectivity index (χ0) is 8.10. The second-order valence-corrected chi connectivity index (χ2v) is 7.27. The minimum absolute atomic E-state index is 0.635. The average Bonchev–Trinajstić information content (AvgIpc) is 2.37. The summed E-state index contributed by atoms with van der Waals surface area (Å²) in [5, 5.41) is 10.4. The Bertz CT molecular complexity index is 308.